The van der Waals surface area contributed by atoms with Crippen molar-refractivity contribution in [1.82, 2.24) is 0 Å². The molecule has 0 saturated carbocycles. The van der Waals surface area contributed by atoms with Crippen molar-refractivity contribution < 1.29 is 9.53 Å². The molecule has 0 bridgehead atoms. The van der Waals surface area contributed by atoms with Crippen LogP contribution in [0.2, 0.25) is 0 Å². The molecule has 0 amide bonds. The van der Waals surface area contributed by atoms with Crippen LogP contribution in [0.25, 0.3) is 0 Å². The molecular weight excluding hydrogens is 188 g/mol. The van der Waals surface area contributed by atoms with Gasteiger partial charge >= 0.3 is 5.97 Å². The third-order valence-electron chi connectivity index (χ3n) is 3.17. The molecule has 90 valence electrons. The lowest BCUT2D eigenvalue weighted by atomic mass is 9.85. The summed E-state index contributed by atoms with van der Waals surface area (Å²) >= 11 is 0. The highest BCUT2D eigenvalue weighted by Gasteiger charge is 2.18. The molecule has 0 aliphatic rings. The summed E-state index contributed by atoms with van der Waals surface area (Å²) in [7, 11) is 0. The van der Waals surface area contributed by atoms with Gasteiger partial charge in [-0.3, -0.25) is 4.79 Å². The molecular formula is C13H26O2. The highest BCUT2D eigenvalue weighted by atomic mass is 16.5. The van der Waals surface area contributed by atoms with Crippen LogP contribution in [0.5, 0.6) is 0 Å². The molecule has 0 atom stereocenters. The fourth-order valence-electron chi connectivity index (χ4n) is 1.32. The van der Waals surface area contributed by atoms with E-state index < -0.39 is 0 Å². The van der Waals surface area contributed by atoms with Crippen molar-refractivity contribution >= 4 is 5.97 Å². The smallest absolute Gasteiger partial charge is 0.306 e. The number of hydrogen-bond donors (Lipinski definition) is 0. The lowest BCUT2D eigenvalue weighted by Crippen LogP contribution is -2.19. The molecule has 0 aromatic carbocycles. The van der Waals surface area contributed by atoms with Gasteiger partial charge in [0.2, 0.25) is 0 Å². The van der Waals surface area contributed by atoms with Gasteiger partial charge in [-0.25, -0.2) is 0 Å². The van der Waals surface area contributed by atoms with Crippen molar-refractivity contribution in [2.45, 2.75) is 72.8 Å². The molecule has 15 heavy (non-hydrogen) atoms. The van der Waals surface area contributed by atoms with Crippen molar-refractivity contribution in [1.29, 1.82) is 0 Å². The van der Waals surface area contributed by atoms with Crippen molar-refractivity contribution in [3.05, 3.63) is 0 Å². The average Bonchev–Trinajstić information content (AvgIpc) is 2.23. The molecule has 0 aliphatic heterocycles. The van der Waals surface area contributed by atoms with Crippen LogP contribution in [-0.2, 0) is 9.53 Å². The molecule has 0 aliphatic carbocycles. The van der Waals surface area contributed by atoms with E-state index in [2.05, 4.69) is 34.6 Å². The van der Waals surface area contributed by atoms with Gasteiger partial charge in [0, 0.05) is 6.42 Å². The maximum atomic E-state index is 11.5. The van der Waals surface area contributed by atoms with Gasteiger partial charge in [-0.1, -0.05) is 41.0 Å². The molecule has 0 radical (unpaired) electrons. The molecule has 0 saturated heterocycles. The van der Waals surface area contributed by atoms with E-state index >= 15 is 0 Å². The van der Waals surface area contributed by atoms with Gasteiger partial charge in [-0.15, -0.1) is 0 Å². The monoisotopic (exact) mass is 214 g/mol. The van der Waals surface area contributed by atoms with Crippen LogP contribution in [0.4, 0.5) is 0 Å². The predicted molar refractivity (Wildman–Crippen MR) is 63.8 cm³/mol. The Balaban J connectivity index is 3.84. The minimum Gasteiger partial charge on any atom is -0.462 e. The molecule has 0 aromatic heterocycles. The molecule has 0 N–H and O–H groups in total. The molecule has 2 nitrogen and oxygen atoms in total. The Bertz CT molecular complexity index is 181. The first-order valence-electron chi connectivity index (χ1n) is 6.14. The Morgan fingerprint density at radius 3 is 2.13 bits per heavy atom. The van der Waals surface area contributed by atoms with E-state index in [1.807, 2.05) is 0 Å². The van der Waals surface area contributed by atoms with Crippen LogP contribution in [-0.4, -0.2) is 12.1 Å². The minimum atomic E-state index is -0.0368. The largest absolute Gasteiger partial charge is 0.462 e. The lowest BCUT2D eigenvalue weighted by Gasteiger charge is -2.22. The normalized spacial score (nSPS) is 11.9. The minimum absolute atomic E-state index is 0.0368. The first-order valence-corrected chi connectivity index (χ1v) is 6.14. The number of rotatable bonds is 7. The zero-order valence-electron chi connectivity index (χ0n) is 10.9. The molecule has 0 aromatic rings. The van der Waals surface area contributed by atoms with Gasteiger partial charge in [0.25, 0.3) is 0 Å². The van der Waals surface area contributed by atoms with E-state index in [0.29, 0.717) is 6.42 Å². The van der Waals surface area contributed by atoms with Gasteiger partial charge in [0.15, 0.2) is 0 Å². The molecule has 2 heteroatoms. The molecule has 0 rings (SSSR count). The predicted octanol–water partition coefficient (Wildman–Crippen LogP) is 3.93. The van der Waals surface area contributed by atoms with Gasteiger partial charge in [-0.05, 0) is 24.7 Å². The van der Waals surface area contributed by atoms with E-state index in [9.17, 15) is 4.79 Å². The first-order chi connectivity index (χ1) is 6.95. The molecule has 0 spiro atoms. The average molecular weight is 214 g/mol. The second-order valence-corrected chi connectivity index (χ2v) is 4.95. The maximum absolute atomic E-state index is 11.5. The van der Waals surface area contributed by atoms with Crippen molar-refractivity contribution in [3.63, 3.8) is 0 Å². The summed E-state index contributed by atoms with van der Waals surface area (Å²) in [5.74, 6) is -0.0368. The van der Waals surface area contributed by atoms with Gasteiger partial charge in [0.05, 0.1) is 0 Å². The summed E-state index contributed by atoms with van der Waals surface area (Å²) in [6, 6.07) is 0. The Hall–Kier alpha value is -0.530. The Kier molecular flexibility index (Phi) is 6.62. The first kappa shape index (κ1) is 14.5. The van der Waals surface area contributed by atoms with Crippen LogP contribution in [0.3, 0.4) is 0 Å². The van der Waals surface area contributed by atoms with E-state index in [0.717, 1.165) is 25.7 Å². The molecule has 0 unspecified atom stereocenters. The van der Waals surface area contributed by atoms with Crippen LogP contribution in [0.1, 0.15) is 66.7 Å². The Labute approximate surface area is 94.4 Å². The number of carbonyl (C=O) groups is 1. The Morgan fingerprint density at radius 1 is 1.20 bits per heavy atom. The van der Waals surface area contributed by atoms with E-state index in [1.165, 1.54) is 0 Å². The second-order valence-electron chi connectivity index (χ2n) is 4.95. The zero-order valence-corrected chi connectivity index (χ0v) is 10.9. The number of hydrogen-bond acceptors (Lipinski definition) is 2. The quantitative estimate of drug-likeness (QED) is 0.600. The van der Waals surface area contributed by atoms with Crippen LogP contribution < -0.4 is 0 Å². The molecule has 0 heterocycles. The molecule has 0 fully saturated rings. The van der Waals surface area contributed by atoms with Crippen molar-refractivity contribution in [3.8, 4) is 0 Å². The Morgan fingerprint density at radius 2 is 1.73 bits per heavy atom. The number of esters is 1. The number of ether oxygens (including phenoxy) is 1. The summed E-state index contributed by atoms with van der Waals surface area (Å²) in [6.07, 6.45) is 4.52. The van der Waals surface area contributed by atoms with E-state index in [1.54, 1.807) is 0 Å². The number of carbonyl (C=O) groups excluding carboxylic acids is 1. The highest BCUT2D eigenvalue weighted by molar-refractivity contribution is 5.69. The highest BCUT2D eigenvalue weighted by Crippen LogP contribution is 2.26. The summed E-state index contributed by atoms with van der Waals surface area (Å²) in [4.78, 5) is 11.5. The van der Waals surface area contributed by atoms with Crippen molar-refractivity contribution in [2.24, 2.45) is 5.41 Å². The van der Waals surface area contributed by atoms with Gasteiger partial charge in [-0.2, -0.15) is 0 Å². The summed E-state index contributed by atoms with van der Waals surface area (Å²) < 4.78 is 5.35. The van der Waals surface area contributed by atoms with Crippen LogP contribution in [0.15, 0.2) is 0 Å². The van der Waals surface area contributed by atoms with Gasteiger partial charge in [0.1, 0.15) is 6.10 Å². The fraction of sp³-hybridized carbons (Fsp3) is 0.923. The third-order valence-corrected chi connectivity index (χ3v) is 3.17. The standard InChI is InChI=1S/C13H26O2/c1-6-11(7-2)15-12(14)9-10-13(4,5)8-3/h11H,6-10H2,1-5H3. The summed E-state index contributed by atoms with van der Waals surface area (Å²) in [6.45, 7) is 10.6. The fourth-order valence-corrected chi connectivity index (χ4v) is 1.32. The lowest BCUT2D eigenvalue weighted by molar-refractivity contribution is -0.150. The SMILES string of the molecule is CCC(CC)OC(=O)CCC(C)(C)CC. The zero-order chi connectivity index (χ0) is 11.9. The van der Waals surface area contributed by atoms with Crippen molar-refractivity contribution in [2.75, 3.05) is 0 Å². The topological polar surface area (TPSA) is 26.3 Å². The maximum Gasteiger partial charge on any atom is 0.306 e. The van der Waals surface area contributed by atoms with E-state index in [-0.39, 0.29) is 17.5 Å². The second kappa shape index (κ2) is 6.86. The van der Waals surface area contributed by atoms with Crippen LogP contribution in [0, 0.1) is 5.41 Å². The third kappa shape index (κ3) is 6.53. The summed E-state index contributed by atoms with van der Waals surface area (Å²) in [5.41, 5.74) is 0.257. The van der Waals surface area contributed by atoms with E-state index in [4.69, 9.17) is 4.74 Å². The van der Waals surface area contributed by atoms with Gasteiger partial charge < -0.3 is 4.74 Å². The summed E-state index contributed by atoms with van der Waals surface area (Å²) in [5, 5.41) is 0. The van der Waals surface area contributed by atoms with Crippen LogP contribution >= 0.6 is 0 Å².